The first-order valence-corrected chi connectivity index (χ1v) is 10.0. The van der Waals surface area contributed by atoms with Crippen molar-refractivity contribution in [3.8, 4) is 11.5 Å². The third-order valence-corrected chi connectivity index (χ3v) is 4.55. The number of guanidine groups is 1. The topological polar surface area (TPSA) is 64.1 Å². The number of nitrogens with one attached hydrogen (secondary N) is 2. The smallest absolute Gasteiger partial charge is 0.191 e. The second kappa shape index (κ2) is 12.7. The van der Waals surface area contributed by atoms with E-state index in [4.69, 9.17) is 14.2 Å². The highest BCUT2D eigenvalue weighted by Gasteiger charge is 2.06. The molecule has 0 saturated carbocycles. The summed E-state index contributed by atoms with van der Waals surface area (Å²) < 4.78 is 16.4. The van der Waals surface area contributed by atoms with Crippen LogP contribution in [0.5, 0.6) is 11.5 Å². The van der Waals surface area contributed by atoms with E-state index in [0.29, 0.717) is 13.2 Å². The van der Waals surface area contributed by atoms with Crippen molar-refractivity contribution < 1.29 is 14.2 Å². The maximum absolute atomic E-state index is 5.70. The van der Waals surface area contributed by atoms with Gasteiger partial charge in [-0.05, 0) is 41.7 Å². The van der Waals surface area contributed by atoms with Crippen LogP contribution in [0.3, 0.4) is 0 Å². The van der Waals surface area contributed by atoms with Crippen molar-refractivity contribution in [2.45, 2.75) is 32.9 Å². The highest BCUT2D eigenvalue weighted by molar-refractivity contribution is 5.79. The molecule has 0 heterocycles. The second-order valence-electron chi connectivity index (χ2n) is 6.61. The molecule has 2 aromatic carbocycles. The number of hydrogen-bond donors (Lipinski definition) is 2. The normalized spacial score (nSPS) is 11.2. The third-order valence-electron chi connectivity index (χ3n) is 4.55. The van der Waals surface area contributed by atoms with E-state index in [2.05, 4.69) is 34.7 Å². The molecular formula is C23H33N3O3. The van der Waals surface area contributed by atoms with Crippen molar-refractivity contribution in [1.29, 1.82) is 0 Å². The van der Waals surface area contributed by atoms with E-state index in [1.807, 2.05) is 30.3 Å². The number of methoxy groups -OCH3 is 2. The van der Waals surface area contributed by atoms with Gasteiger partial charge >= 0.3 is 0 Å². The molecule has 0 aliphatic rings. The summed E-state index contributed by atoms with van der Waals surface area (Å²) in [6, 6.07) is 14.3. The molecule has 0 spiro atoms. The Balaban J connectivity index is 1.84. The van der Waals surface area contributed by atoms with Gasteiger partial charge in [0, 0.05) is 26.7 Å². The molecule has 2 rings (SSSR count). The lowest BCUT2D eigenvalue weighted by Crippen LogP contribution is -2.38. The molecule has 0 radical (unpaired) electrons. The lowest BCUT2D eigenvalue weighted by Gasteiger charge is -2.15. The molecule has 2 aromatic rings. The molecule has 0 amide bonds. The van der Waals surface area contributed by atoms with Crippen molar-refractivity contribution in [2.24, 2.45) is 4.99 Å². The lowest BCUT2D eigenvalue weighted by molar-refractivity contribution is 0.121. The summed E-state index contributed by atoms with van der Waals surface area (Å²) in [4.78, 5) is 4.32. The summed E-state index contributed by atoms with van der Waals surface area (Å²) in [5, 5.41) is 6.74. The van der Waals surface area contributed by atoms with Crippen LogP contribution in [0.2, 0.25) is 0 Å². The van der Waals surface area contributed by atoms with E-state index < -0.39 is 0 Å². The van der Waals surface area contributed by atoms with Crippen molar-refractivity contribution >= 4 is 5.96 Å². The number of rotatable bonds is 11. The summed E-state index contributed by atoms with van der Waals surface area (Å²) >= 11 is 0. The average molecular weight is 400 g/mol. The van der Waals surface area contributed by atoms with Gasteiger partial charge in [-0.3, -0.25) is 4.99 Å². The first-order valence-electron chi connectivity index (χ1n) is 10.0. The SMILES string of the molecule is CCCOCc1ccccc1CNC(=NC)NCCc1ccc(OC)c(OC)c1. The minimum atomic E-state index is 0.636. The monoisotopic (exact) mass is 399 g/mol. The summed E-state index contributed by atoms with van der Waals surface area (Å²) in [6.07, 6.45) is 1.87. The van der Waals surface area contributed by atoms with Crippen LogP contribution >= 0.6 is 0 Å². The fourth-order valence-electron chi connectivity index (χ4n) is 2.96. The van der Waals surface area contributed by atoms with Gasteiger partial charge in [-0.15, -0.1) is 0 Å². The zero-order chi connectivity index (χ0) is 20.9. The Bertz CT molecular complexity index is 778. The Morgan fingerprint density at radius 3 is 2.41 bits per heavy atom. The molecular weight excluding hydrogens is 366 g/mol. The van der Waals surface area contributed by atoms with Gasteiger partial charge in [0.1, 0.15) is 0 Å². The van der Waals surface area contributed by atoms with E-state index >= 15 is 0 Å². The number of nitrogens with zero attached hydrogens (tertiary/aromatic N) is 1. The van der Waals surface area contributed by atoms with Crippen LogP contribution in [0, 0.1) is 0 Å². The Kier molecular flexibility index (Phi) is 9.86. The Labute approximate surface area is 174 Å². The van der Waals surface area contributed by atoms with Gasteiger partial charge in [0.25, 0.3) is 0 Å². The van der Waals surface area contributed by atoms with E-state index in [1.54, 1.807) is 21.3 Å². The van der Waals surface area contributed by atoms with Crippen LogP contribution in [0.15, 0.2) is 47.5 Å². The highest BCUT2D eigenvalue weighted by Crippen LogP contribution is 2.27. The molecule has 0 bridgehead atoms. The number of aliphatic imine (C=N–C) groups is 1. The molecule has 0 unspecified atom stereocenters. The first-order chi connectivity index (χ1) is 14.2. The van der Waals surface area contributed by atoms with Gasteiger partial charge in [-0.1, -0.05) is 37.3 Å². The molecule has 29 heavy (non-hydrogen) atoms. The van der Waals surface area contributed by atoms with Gasteiger partial charge in [0.05, 0.1) is 20.8 Å². The molecule has 0 aliphatic heterocycles. The predicted molar refractivity (Wildman–Crippen MR) is 118 cm³/mol. The molecule has 0 aliphatic carbocycles. The van der Waals surface area contributed by atoms with E-state index in [0.717, 1.165) is 43.5 Å². The van der Waals surface area contributed by atoms with Crippen molar-refractivity contribution in [3.05, 3.63) is 59.2 Å². The van der Waals surface area contributed by atoms with Crippen molar-refractivity contribution in [1.82, 2.24) is 10.6 Å². The van der Waals surface area contributed by atoms with Gasteiger partial charge in [0.15, 0.2) is 17.5 Å². The van der Waals surface area contributed by atoms with Crippen molar-refractivity contribution in [2.75, 3.05) is 34.4 Å². The summed E-state index contributed by atoms with van der Waals surface area (Å²) in [7, 11) is 5.07. The van der Waals surface area contributed by atoms with E-state index in [1.165, 1.54) is 16.7 Å². The van der Waals surface area contributed by atoms with Crippen LogP contribution in [0.25, 0.3) is 0 Å². The van der Waals surface area contributed by atoms with Crippen LogP contribution in [-0.4, -0.2) is 40.4 Å². The van der Waals surface area contributed by atoms with Crippen LogP contribution in [-0.2, 0) is 24.3 Å². The Morgan fingerprint density at radius 1 is 0.966 bits per heavy atom. The maximum atomic E-state index is 5.70. The van der Waals surface area contributed by atoms with Crippen molar-refractivity contribution in [3.63, 3.8) is 0 Å². The zero-order valence-electron chi connectivity index (χ0n) is 18.0. The number of ether oxygens (including phenoxy) is 3. The zero-order valence-corrected chi connectivity index (χ0v) is 18.0. The van der Waals surface area contributed by atoms with Crippen LogP contribution in [0.4, 0.5) is 0 Å². The molecule has 6 heteroatoms. The standard InChI is InChI=1S/C23H33N3O3/c1-5-14-29-17-20-9-7-6-8-19(20)16-26-23(24-2)25-13-12-18-10-11-21(27-3)22(15-18)28-4/h6-11,15H,5,12-14,16-17H2,1-4H3,(H2,24,25,26). The number of benzene rings is 2. The van der Waals surface area contributed by atoms with Crippen LogP contribution in [0.1, 0.15) is 30.0 Å². The molecule has 0 atom stereocenters. The fraction of sp³-hybridized carbons (Fsp3) is 0.435. The maximum Gasteiger partial charge on any atom is 0.191 e. The molecule has 0 saturated heterocycles. The minimum absolute atomic E-state index is 0.636. The van der Waals surface area contributed by atoms with Gasteiger partial charge < -0.3 is 24.8 Å². The molecule has 0 fully saturated rings. The summed E-state index contributed by atoms with van der Waals surface area (Å²) in [5.41, 5.74) is 3.59. The summed E-state index contributed by atoms with van der Waals surface area (Å²) in [6.45, 7) is 4.99. The van der Waals surface area contributed by atoms with Crippen LogP contribution < -0.4 is 20.1 Å². The molecule has 6 nitrogen and oxygen atoms in total. The van der Waals surface area contributed by atoms with E-state index in [9.17, 15) is 0 Å². The highest BCUT2D eigenvalue weighted by atomic mass is 16.5. The number of hydrogen-bond acceptors (Lipinski definition) is 4. The summed E-state index contributed by atoms with van der Waals surface area (Å²) in [5.74, 6) is 2.26. The first kappa shape index (κ1) is 22.6. The van der Waals surface area contributed by atoms with E-state index in [-0.39, 0.29) is 0 Å². The second-order valence-corrected chi connectivity index (χ2v) is 6.61. The molecule has 0 aromatic heterocycles. The Morgan fingerprint density at radius 2 is 1.72 bits per heavy atom. The quantitative estimate of drug-likeness (QED) is 0.344. The average Bonchev–Trinajstić information content (AvgIpc) is 2.76. The van der Waals surface area contributed by atoms with Gasteiger partial charge in [-0.25, -0.2) is 0 Å². The third kappa shape index (κ3) is 7.31. The fourth-order valence-corrected chi connectivity index (χ4v) is 2.96. The van der Waals surface area contributed by atoms with Gasteiger partial charge in [0.2, 0.25) is 0 Å². The lowest BCUT2D eigenvalue weighted by atomic mass is 10.1. The molecule has 158 valence electrons. The predicted octanol–water partition coefficient (Wildman–Crippen LogP) is 3.54. The minimum Gasteiger partial charge on any atom is -0.493 e. The largest absolute Gasteiger partial charge is 0.493 e. The van der Waals surface area contributed by atoms with Gasteiger partial charge in [-0.2, -0.15) is 0 Å². The Hall–Kier alpha value is -2.73. The molecule has 2 N–H and O–H groups in total.